The van der Waals surface area contributed by atoms with E-state index < -0.39 is 0 Å². The molecule has 2 rings (SSSR count). The molecule has 0 saturated carbocycles. The van der Waals surface area contributed by atoms with Gasteiger partial charge in [0.2, 0.25) is 0 Å². The number of nitrogens with two attached hydrogens (primary N) is 1. The van der Waals surface area contributed by atoms with Crippen LogP contribution in [-0.2, 0) is 0 Å². The van der Waals surface area contributed by atoms with E-state index in [1.54, 1.807) is 0 Å². The van der Waals surface area contributed by atoms with Crippen molar-refractivity contribution in [2.45, 2.75) is 0 Å². The highest BCUT2D eigenvalue weighted by Crippen LogP contribution is 2.24. The van der Waals surface area contributed by atoms with Crippen molar-refractivity contribution < 1.29 is 0 Å². The van der Waals surface area contributed by atoms with E-state index in [2.05, 4.69) is 43.5 Å². The molecule has 0 radical (unpaired) electrons. The summed E-state index contributed by atoms with van der Waals surface area (Å²) in [6.45, 7) is 0. The van der Waals surface area contributed by atoms with E-state index in [0.717, 1.165) is 24.8 Å². The predicted octanol–water partition coefficient (Wildman–Crippen LogP) is 3.18. The van der Waals surface area contributed by atoms with Gasteiger partial charge in [0.1, 0.15) is 4.60 Å². The molecular formula is C9H6BrIN2. The molecule has 1 aromatic heterocycles. The summed E-state index contributed by atoms with van der Waals surface area (Å²) in [4.78, 5) is 4.33. The second-order valence-electron chi connectivity index (χ2n) is 2.70. The molecule has 0 saturated heterocycles. The fourth-order valence-corrected chi connectivity index (χ4v) is 2.11. The van der Waals surface area contributed by atoms with Crippen molar-refractivity contribution in [1.29, 1.82) is 0 Å². The molecule has 1 aromatic carbocycles. The second-order valence-corrected chi connectivity index (χ2v) is 4.75. The third-order valence-electron chi connectivity index (χ3n) is 1.77. The van der Waals surface area contributed by atoms with Gasteiger partial charge in [0.05, 0.1) is 5.52 Å². The molecule has 0 atom stereocenters. The predicted molar refractivity (Wildman–Crippen MR) is 66.6 cm³/mol. The molecule has 66 valence electrons. The highest BCUT2D eigenvalue weighted by Gasteiger charge is 2.01. The number of hydrogen-bond donors (Lipinski definition) is 1. The lowest BCUT2D eigenvalue weighted by atomic mass is 10.2. The molecule has 0 aliphatic carbocycles. The first-order chi connectivity index (χ1) is 6.16. The molecule has 0 aliphatic rings. The van der Waals surface area contributed by atoms with Crippen molar-refractivity contribution >= 4 is 55.1 Å². The van der Waals surface area contributed by atoms with Gasteiger partial charge in [-0.25, -0.2) is 4.98 Å². The first kappa shape index (κ1) is 9.21. The van der Waals surface area contributed by atoms with Gasteiger partial charge in [-0.1, -0.05) is 0 Å². The summed E-state index contributed by atoms with van der Waals surface area (Å²) in [7, 11) is 0. The Morgan fingerprint density at radius 1 is 1.31 bits per heavy atom. The maximum atomic E-state index is 5.83. The summed E-state index contributed by atoms with van der Waals surface area (Å²) in [5.74, 6) is 0. The van der Waals surface area contributed by atoms with Crippen LogP contribution in [0.1, 0.15) is 0 Å². The van der Waals surface area contributed by atoms with Crippen LogP contribution in [0.4, 0.5) is 5.69 Å². The quantitative estimate of drug-likeness (QED) is 0.586. The number of fused-ring (bicyclic) bond motifs is 1. The second kappa shape index (κ2) is 3.42. The highest BCUT2D eigenvalue weighted by atomic mass is 127. The maximum absolute atomic E-state index is 5.83. The Labute approximate surface area is 97.8 Å². The zero-order chi connectivity index (χ0) is 9.42. The van der Waals surface area contributed by atoms with E-state index >= 15 is 0 Å². The largest absolute Gasteiger partial charge is 0.398 e. The molecule has 0 spiro atoms. The molecule has 2 nitrogen and oxygen atoms in total. The van der Waals surface area contributed by atoms with Gasteiger partial charge >= 0.3 is 0 Å². The lowest BCUT2D eigenvalue weighted by molar-refractivity contribution is 1.35. The van der Waals surface area contributed by atoms with Crippen molar-refractivity contribution in [3.63, 3.8) is 0 Å². The lowest BCUT2D eigenvalue weighted by Crippen LogP contribution is -1.90. The molecule has 2 aromatic rings. The van der Waals surface area contributed by atoms with Gasteiger partial charge in [0, 0.05) is 14.6 Å². The van der Waals surface area contributed by atoms with E-state index in [1.807, 2.05) is 24.3 Å². The van der Waals surface area contributed by atoms with Crippen molar-refractivity contribution in [1.82, 2.24) is 4.98 Å². The first-order valence-corrected chi connectivity index (χ1v) is 5.55. The number of pyridine rings is 1. The van der Waals surface area contributed by atoms with Crippen LogP contribution < -0.4 is 5.73 Å². The van der Waals surface area contributed by atoms with Crippen molar-refractivity contribution in [2.24, 2.45) is 0 Å². The molecule has 0 amide bonds. The van der Waals surface area contributed by atoms with Gasteiger partial charge < -0.3 is 5.73 Å². The van der Waals surface area contributed by atoms with E-state index in [0.29, 0.717) is 0 Å². The summed E-state index contributed by atoms with van der Waals surface area (Å²) in [5.41, 5.74) is 7.52. The molecule has 0 unspecified atom stereocenters. The topological polar surface area (TPSA) is 38.9 Å². The fourth-order valence-electron chi connectivity index (χ4n) is 1.19. The Kier molecular flexibility index (Phi) is 2.42. The van der Waals surface area contributed by atoms with Crippen LogP contribution in [-0.4, -0.2) is 4.98 Å². The van der Waals surface area contributed by atoms with E-state index in [-0.39, 0.29) is 0 Å². The number of anilines is 1. The van der Waals surface area contributed by atoms with Crippen LogP contribution in [0.25, 0.3) is 10.9 Å². The number of halogens is 2. The summed E-state index contributed by atoms with van der Waals surface area (Å²) < 4.78 is 1.94. The third kappa shape index (κ3) is 1.78. The highest BCUT2D eigenvalue weighted by molar-refractivity contribution is 14.1. The average Bonchev–Trinajstić information content (AvgIpc) is 2.02. The average molecular weight is 349 g/mol. The van der Waals surface area contributed by atoms with Crippen LogP contribution >= 0.6 is 38.5 Å². The number of nitrogens with zero attached hydrogens (tertiary/aromatic N) is 1. The molecule has 4 heteroatoms. The number of nitrogen functional groups attached to an aromatic ring is 1. The first-order valence-electron chi connectivity index (χ1n) is 3.68. The molecule has 1 heterocycles. The van der Waals surface area contributed by atoms with E-state index in [9.17, 15) is 0 Å². The Hall–Kier alpha value is -0.360. The van der Waals surface area contributed by atoms with Crippen LogP contribution in [0.2, 0.25) is 0 Å². The number of benzene rings is 1. The summed E-state index contributed by atoms with van der Waals surface area (Å²) in [5, 5.41) is 1.00. The molecular weight excluding hydrogens is 343 g/mol. The van der Waals surface area contributed by atoms with E-state index in [4.69, 9.17) is 5.73 Å². The molecule has 13 heavy (non-hydrogen) atoms. The molecule has 0 bridgehead atoms. The fraction of sp³-hybridized carbons (Fsp3) is 0. The lowest BCUT2D eigenvalue weighted by Gasteiger charge is -2.02. The van der Waals surface area contributed by atoms with Gasteiger partial charge in [-0.2, -0.15) is 0 Å². The summed E-state index contributed by atoms with van der Waals surface area (Å²) >= 11 is 5.57. The Morgan fingerprint density at radius 3 is 2.85 bits per heavy atom. The monoisotopic (exact) mass is 348 g/mol. The van der Waals surface area contributed by atoms with Gasteiger partial charge in [0.15, 0.2) is 0 Å². The van der Waals surface area contributed by atoms with Crippen LogP contribution in [0.5, 0.6) is 0 Å². The van der Waals surface area contributed by atoms with Crippen LogP contribution in [0.15, 0.2) is 28.9 Å². The Bertz CT molecular complexity index is 465. The van der Waals surface area contributed by atoms with E-state index in [1.165, 1.54) is 0 Å². The minimum atomic E-state index is 0.758. The molecule has 2 N–H and O–H groups in total. The summed E-state index contributed by atoms with van der Waals surface area (Å²) in [6.07, 6.45) is 0. The summed E-state index contributed by atoms with van der Waals surface area (Å²) in [6, 6.07) is 7.84. The number of rotatable bonds is 0. The third-order valence-corrected chi connectivity index (χ3v) is 2.85. The van der Waals surface area contributed by atoms with Crippen molar-refractivity contribution in [2.75, 3.05) is 5.73 Å². The Balaban J connectivity index is 2.86. The number of aromatic nitrogens is 1. The zero-order valence-corrected chi connectivity index (χ0v) is 10.3. The van der Waals surface area contributed by atoms with Crippen molar-refractivity contribution in [3.8, 4) is 0 Å². The number of hydrogen-bond acceptors (Lipinski definition) is 2. The van der Waals surface area contributed by atoms with Gasteiger partial charge in [-0.05, 0) is 62.8 Å². The standard InChI is InChI=1S/C9H6BrIN2/c10-9-4-7(12)6-2-1-5(11)3-8(6)13-9/h1-4H,(H2,12,13). The minimum Gasteiger partial charge on any atom is -0.398 e. The van der Waals surface area contributed by atoms with Crippen LogP contribution in [0.3, 0.4) is 0 Å². The molecule has 0 fully saturated rings. The van der Waals surface area contributed by atoms with Gasteiger partial charge in [-0.15, -0.1) is 0 Å². The minimum absolute atomic E-state index is 0.758. The Morgan fingerprint density at radius 2 is 2.08 bits per heavy atom. The smallest absolute Gasteiger partial charge is 0.108 e. The van der Waals surface area contributed by atoms with Gasteiger partial charge in [0.25, 0.3) is 0 Å². The van der Waals surface area contributed by atoms with Crippen LogP contribution in [0, 0.1) is 3.57 Å². The van der Waals surface area contributed by atoms with Gasteiger partial charge in [-0.3, -0.25) is 0 Å². The SMILES string of the molecule is Nc1cc(Br)nc2cc(I)ccc12. The van der Waals surface area contributed by atoms with Crippen molar-refractivity contribution in [3.05, 3.63) is 32.4 Å². The zero-order valence-electron chi connectivity index (χ0n) is 6.59. The maximum Gasteiger partial charge on any atom is 0.108 e. The normalized spacial score (nSPS) is 10.6. The molecule has 0 aliphatic heterocycles.